The van der Waals surface area contributed by atoms with Crippen LogP contribution in [-0.4, -0.2) is 50.7 Å². The van der Waals surface area contributed by atoms with E-state index in [-0.39, 0.29) is 24.7 Å². The Morgan fingerprint density at radius 2 is 1.74 bits per heavy atom. The van der Waals surface area contributed by atoms with E-state index in [1.54, 1.807) is 29.7 Å². The van der Waals surface area contributed by atoms with Crippen LogP contribution in [0.2, 0.25) is 5.02 Å². The first kappa shape index (κ1) is 25.5. The Morgan fingerprint density at radius 3 is 2.42 bits per heavy atom. The highest BCUT2D eigenvalue weighted by Crippen LogP contribution is 2.39. The van der Waals surface area contributed by atoms with E-state index in [0.717, 1.165) is 25.7 Å². The Kier molecular flexibility index (Phi) is 10.7. The number of aliphatic hydroxyl groups is 3. The summed E-state index contributed by atoms with van der Waals surface area (Å²) in [7, 11) is 0. The molecule has 0 heterocycles. The maximum Gasteiger partial charge on any atom is 0.253 e. The largest absolute Gasteiger partial charge is 0.393 e. The fraction of sp³-hybridized carbons (Fsp3) is 0.636. The number of carbonyl (C=O) groups is 2. The van der Waals surface area contributed by atoms with Crippen molar-refractivity contribution in [1.29, 1.82) is 0 Å². The molecule has 2 rings (SSSR count). The van der Waals surface area contributed by atoms with Crippen molar-refractivity contribution in [3.63, 3.8) is 0 Å². The van der Waals surface area contributed by atoms with Gasteiger partial charge in [-0.2, -0.15) is 0 Å². The Bertz CT molecular complexity index is 719. The molecule has 1 saturated carbocycles. The quantitative estimate of drug-likeness (QED) is 0.162. The van der Waals surface area contributed by atoms with Crippen LogP contribution >= 0.6 is 11.6 Å². The summed E-state index contributed by atoms with van der Waals surface area (Å²) in [6, 6.07) is 6.66. The second kappa shape index (κ2) is 13.0. The topological polar surface area (TPSA) is 139 Å². The van der Waals surface area contributed by atoms with E-state index in [2.05, 4.69) is 5.32 Å². The van der Waals surface area contributed by atoms with Gasteiger partial charge in [-0.1, -0.05) is 36.9 Å². The summed E-state index contributed by atoms with van der Waals surface area (Å²) in [6.45, 7) is 0. The Morgan fingerprint density at radius 1 is 1.06 bits per heavy atom. The van der Waals surface area contributed by atoms with Gasteiger partial charge in [0, 0.05) is 17.1 Å². The summed E-state index contributed by atoms with van der Waals surface area (Å²) < 4.78 is 0. The van der Waals surface area contributed by atoms with Crippen LogP contribution in [-0.2, 0) is 9.59 Å². The molecule has 2 amide bonds. The first-order valence-electron chi connectivity index (χ1n) is 10.9. The number of unbranched alkanes of at least 4 members (excludes halogenated alkanes) is 3. The van der Waals surface area contributed by atoms with E-state index in [1.807, 2.05) is 0 Å². The molecular formula is C22H33ClN2O6. The first-order valence-corrected chi connectivity index (χ1v) is 11.2. The summed E-state index contributed by atoms with van der Waals surface area (Å²) in [5, 5.41) is 42.5. The van der Waals surface area contributed by atoms with E-state index in [4.69, 9.17) is 16.8 Å². The van der Waals surface area contributed by atoms with E-state index < -0.39 is 30.1 Å². The van der Waals surface area contributed by atoms with Gasteiger partial charge in [-0.15, -0.1) is 0 Å². The van der Waals surface area contributed by atoms with E-state index in [0.29, 0.717) is 30.0 Å². The van der Waals surface area contributed by atoms with Gasteiger partial charge < -0.3 is 20.6 Å². The fourth-order valence-electron chi connectivity index (χ4n) is 4.33. The number of carbonyl (C=O) groups excluding carboxylic acids is 2. The highest BCUT2D eigenvalue weighted by molar-refractivity contribution is 6.30. The molecule has 0 aliphatic heterocycles. The predicted molar refractivity (Wildman–Crippen MR) is 117 cm³/mol. The standard InChI is InChI=1S/C22H33ClN2O6/c23-14-6-5-7-15(12-14)24-22(30)18(26)11-10-17-16(19(27)13-20(17)28)8-3-1-2-4-9-21(29)25-31/h5-7,12,16-20,26-28,31H,1-4,8-11,13H2,(H,24,30)(H,25,29)/t16?,17-,18?,19+,20-/m1/s1. The van der Waals surface area contributed by atoms with Gasteiger partial charge in [0.05, 0.1) is 12.2 Å². The van der Waals surface area contributed by atoms with Gasteiger partial charge in [-0.05, 0) is 62.1 Å². The number of benzene rings is 1. The molecule has 8 nitrogen and oxygen atoms in total. The van der Waals surface area contributed by atoms with E-state index in [1.165, 1.54) is 0 Å². The lowest BCUT2D eigenvalue weighted by molar-refractivity contribution is -0.129. The zero-order valence-electron chi connectivity index (χ0n) is 17.5. The highest BCUT2D eigenvalue weighted by Gasteiger charge is 2.41. The zero-order valence-corrected chi connectivity index (χ0v) is 18.3. The van der Waals surface area contributed by atoms with E-state index in [9.17, 15) is 24.9 Å². The molecule has 1 aromatic carbocycles. The lowest BCUT2D eigenvalue weighted by Gasteiger charge is -2.24. The molecule has 5 atom stereocenters. The molecule has 6 N–H and O–H groups in total. The lowest BCUT2D eigenvalue weighted by Crippen LogP contribution is -2.30. The number of nitrogens with one attached hydrogen (secondary N) is 2. The monoisotopic (exact) mass is 456 g/mol. The average Bonchev–Trinajstić information content (AvgIpc) is 3.00. The number of amides is 2. The van der Waals surface area contributed by atoms with Crippen LogP contribution in [0.15, 0.2) is 24.3 Å². The lowest BCUT2D eigenvalue weighted by atomic mass is 9.85. The van der Waals surface area contributed by atoms with Crippen LogP contribution in [0.5, 0.6) is 0 Å². The molecule has 9 heteroatoms. The summed E-state index contributed by atoms with van der Waals surface area (Å²) in [5.41, 5.74) is 2.11. The van der Waals surface area contributed by atoms with Gasteiger partial charge in [-0.25, -0.2) is 5.48 Å². The summed E-state index contributed by atoms with van der Waals surface area (Å²) in [5.74, 6) is -1.19. The number of anilines is 1. The normalized spacial score (nSPS) is 24.0. The summed E-state index contributed by atoms with van der Waals surface area (Å²) in [6.07, 6.45) is 2.72. The molecule has 0 spiro atoms. The maximum absolute atomic E-state index is 12.2. The second-order valence-corrected chi connectivity index (χ2v) is 8.72. The van der Waals surface area contributed by atoms with Crippen LogP contribution in [0.1, 0.15) is 57.8 Å². The maximum atomic E-state index is 12.2. The van der Waals surface area contributed by atoms with Crippen molar-refractivity contribution in [2.24, 2.45) is 11.8 Å². The minimum atomic E-state index is -1.22. The Labute approximate surface area is 187 Å². The van der Waals surface area contributed by atoms with Gasteiger partial charge >= 0.3 is 0 Å². The van der Waals surface area contributed by atoms with Crippen molar-refractivity contribution in [3.8, 4) is 0 Å². The van der Waals surface area contributed by atoms with Crippen molar-refractivity contribution >= 4 is 29.1 Å². The van der Waals surface area contributed by atoms with Gasteiger partial charge in [0.15, 0.2) is 0 Å². The van der Waals surface area contributed by atoms with Gasteiger partial charge in [0.25, 0.3) is 5.91 Å². The smallest absolute Gasteiger partial charge is 0.253 e. The van der Waals surface area contributed by atoms with Crippen LogP contribution in [0.4, 0.5) is 5.69 Å². The number of rotatable bonds is 12. The third-order valence-corrected chi connectivity index (χ3v) is 6.24. The number of halogens is 1. The molecule has 1 aliphatic carbocycles. The van der Waals surface area contributed by atoms with Crippen LogP contribution in [0, 0.1) is 11.8 Å². The van der Waals surface area contributed by atoms with Gasteiger partial charge in [0.1, 0.15) is 6.10 Å². The molecule has 0 bridgehead atoms. The van der Waals surface area contributed by atoms with Crippen molar-refractivity contribution in [2.45, 2.75) is 76.1 Å². The summed E-state index contributed by atoms with van der Waals surface area (Å²) in [4.78, 5) is 23.2. The van der Waals surface area contributed by atoms with Crippen molar-refractivity contribution in [2.75, 3.05) is 5.32 Å². The first-order chi connectivity index (χ1) is 14.8. The average molecular weight is 457 g/mol. The van der Waals surface area contributed by atoms with Crippen molar-refractivity contribution < 1.29 is 30.1 Å². The molecule has 2 unspecified atom stereocenters. The van der Waals surface area contributed by atoms with Crippen LogP contribution in [0.3, 0.4) is 0 Å². The van der Waals surface area contributed by atoms with Crippen LogP contribution in [0.25, 0.3) is 0 Å². The Hall–Kier alpha value is -1.71. The molecule has 1 aromatic rings. The number of hydrogen-bond donors (Lipinski definition) is 6. The van der Waals surface area contributed by atoms with Crippen molar-refractivity contribution in [3.05, 3.63) is 29.3 Å². The molecule has 1 aliphatic rings. The fourth-order valence-corrected chi connectivity index (χ4v) is 4.52. The third-order valence-electron chi connectivity index (χ3n) is 6.01. The second-order valence-electron chi connectivity index (χ2n) is 8.28. The van der Waals surface area contributed by atoms with Gasteiger partial charge in [0.2, 0.25) is 5.91 Å². The number of hydrogen-bond acceptors (Lipinski definition) is 6. The van der Waals surface area contributed by atoms with Crippen molar-refractivity contribution in [1.82, 2.24) is 5.48 Å². The third kappa shape index (κ3) is 8.38. The molecule has 0 aromatic heterocycles. The SMILES string of the molecule is O=C(CCCCCCC1[C@@H](CCC(O)C(=O)Nc2cccc(Cl)c2)[C@H](O)C[C@@H]1O)NO. The predicted octanol–water partition coefficient (Wildman–Crippen LogP) is 2.62. The highest BCUT2D eigenvalue weighted by atomic mass is 35.5. The minimum absolute atomic E-state index is 0.0843. The molecular weight excluding hydrogens is 424 g/mol. The molecule has 174 valence electrons. The summed E-state index contributed by atoms with van der Waals surface area (Å²) >= 11 is 5.90. The molecule has 0 saturated heterocycles. The molecule has 31 heavy (non-hydrogen) atoms. The molecule has 0 radical (unpaired) electrons. The van der Waals surface area contributed by atoms with Crippen LogP contribution < -0.4 is 10.8 Å². The zero-order chi connectivity index (χ0) is 22.8. The number of aliphatic hydroxyl groups excluding tert-OH is 3. The Balaban J connectivity index is 1.76. The minimum Gasteiger partial charge on any atom is -0.393 e. The van der Waals surface area contributed by atoms with Gasteiger partial charge in [-0.3, -0.25) is 14.8 Å². The van der Waals surface area contributed by atoms with E-state index >= 15 is 0 Å². The number of hydroxylamine groups is 1. The molecule has 1 fully saturated rings.